The number of hydrogen-bond donors (Lipinski definition) is 2. The number of anilines is 1. The van der Waals surface area contributed by atoms with Gasteiger partial charge in [-0.05, 0) is 55.2 Å². The van der Waals surface area contributed by atoms with Gasteiger partial charge in [0.1, 0.15) is 4.88 Å². The van der Waals surface area contributed by atoms with Crippen molar-refractivity contribution in [2.24, 2.45) is 0 Å². The van der Waals surface area contributed by atoms with Crippen LogP contribution in [0.3, 0.4) is 0 Å². The Kier molecular flexibility index (Phi) is 5.14. The minimum Gasteiger partial charge on any atom is -0.465 e. The van der Waals surface area contributed by atoms with Crippen LogP contribution < -0.4 is 10.6 Å². The molecule has 2 N–H and O–H groups in total. The van der Waals surface area contributed by atoms with Crippen molar-refractivity contribution in [3.8, 4) is 0 Å². The standard InChI is InChI=1S/C15H18N2O2S2/c1-4-9(2)16-15(20)17-11-5-6-12-10(7-11)8-13(21-12)14(18)19-3/h5-9H,4H2,1-3H3,(H2,16,17,20). The smallest absolute Gasteiger partial charge is 0.348 e. The topological polar surface area (TPSA) is 50.4 Å². The van der Waals surface area contributed by atoms with Crippen LogP contribution in [-0.2, 0) is 4.74 Å². The number of ether oxygens (including phenoxy) is 1. The van der Waals surface area contributed by atoms with E-state index in [0.29, 0.717) is 16.0 Å². The van der Waals surface area contributed by atoms with E-state index in [1.807, 2.05) is 24.3 Å². The van der Waals surface area contributed by atoms with Crippen LogP contribution in [0.15, 0.2) is 24.3 Å². The highest BCUT2D eigenvalue weighted by atomic mass is 32.1. The Morgan fingerprint density at radius 1 is 1.43 bits per heavy atom. The van der Waals surface area contributed by atoms with E-state index in [2.05, 4.69) is 24.5 Å². The fraction of sp³-hybridized carbons (Fsp3) is 0.333. The Labute approximate surface area is 133 Å². The summed E-state index contributed by atoms with van der Waals surface area (Å²) in [6.07, 6.45) is 1.01. The van der Waals surface area contributed by atoms with Gasteiger partial charge in [-0.15, -0.1) is 11.3 Å². The highest BCUT2D eigenvalue weighted by molar-refractivity contribution is 7.80. The first-order valence-corrected chi connectivity index (χ1v) is 7.95. The van der Waals surface area contributed by atoms with Gasteiger partial charge < -0.3 is 15.4 Å². The van der Waals surface area contributed by atoms with E-state index in [1.165, 1.54) is 18.4 Å². The van der Waals surface area contributed by atoms with Gasteiger partial charge in [0.25, 0.3) is 0 Å². The molecule has 1 aromatic carbocycles. The molecule has 0 bridgehead atoms. The predicted molar refractivity (Wildman–Crippen MR) is 92.3 cm³/mol. The van der Waals surface area contributed by atoms with Crippen LogP contribution in [-0.4, -0.2) is 24.2 Å². The van der Waals surface area contributed by atoms with E-state index < -0.39 is 0 Å². The molecule has 2 rings (SSSR count). The zero-order chi connectivity index (χ0) is 15.4. The molecular formula is C15H18N2O2S2. The number of carbonyl (C=O) groups is 1. The quantitative estimate of drug-likeness (QED) is 0.663. The van der Waals surface area contributed by atoms with Crippen LogP contribution >= 0.6 is 23.6 Å². The summed E-state index contributed by atoms with van der Waals surface area (Å²) in [5.74, 6) is -0.306. The first-order chi connectivity index (χ1) is 10.0. The van der Waals surface area contributed by atoms with E-state index in [-0.39, 0.29) is 5.97 Å². The fourth-order valence-electron chi connectivity index (χ4n) is 1.82. The van der Waals surface area contributed by atoms with Gasteiger partial charge in [-0.1, -0.05) is 6.92 Å². The number of rotatable bonds is 4. The van der Waals surface area contributed by atoms with Crippen molar-refractivity contribution in [3.63, 3.8) is 0 Å². The first-order valence-electron chi connectivity index (χ1n) is 6.73. The summed E-state index contributed by atoms with van der Waals surface area (Å²) in [6, 6.07) is 8.07. The lowest BCUT2D eigenvalue weighted by atomic mass is 10.2. The molecule has 0 spiro atoms. The minimum absolute atomic E-state index is 0.306. The molecule has 112 valence electrons. The number of carbonyl (C=O) groups excluding carboxylic acids is 1. The maximum atomic E-state index is 11.5. The molecule has 6 heteroatoms. The number of esters is 1. The Balaban J connectivity index is 2.15. The number of nitrogens with one attached hydrogen (secondary N) is 2. The third kappa shape index (κ3) is 3.92. The second-order valence-corrected chi connectivity index (χ2v) is 6.25. The van der Waals surface area contributed by atoms with E-state index in [4.69, 9.17) is 17.0 Å². The van der Waals surface area contributed by atoms with Gasteiger partial charge in [-0.2, -0.15) is 0 Å². The van der Waals surface area contributed by atoms with Gasteiger partial charge in [0.15, 0.2) is 5.11 Å². The van der Waals surface area contributed by atoms with Gasteiger partial charge in [0.05, 0.1) is 7.11 Å². The maximum Gasteiger partial charge on any atom is 0.348 e. The van der Waals surface area contributed by atoms with E-state index in [0.717, 1.165) is 22.2 Å². The molecule has 1 atom stereocenters. The minimum atomic E-state index is -0.306. The van der Waals surface area contributed by atoms with Crippen LogP contribution in [0.25, 0.3) is 10.1 Å². The molecule has 0 aliphatic rings. The van der Waals surface area contributed by atoms with Crippen LogP contribution in [0.2, 0.25) is 0 Å². The Bertz CT molecular complexity index is 667. The summed E-state index contributed by atoms with van der Waals surface area (Å²) >= 11 is 6.69. The van der Waals surface area contributed by atoms with E-state index in [1.54, 1.807) is 0 Å². The molecule has 1 unspecified atom stereocenters. The lowest BCUT2D eigenvalue weighted by Crippen LogP contribution is -2.35. The summed E-state index contributed by atoms with van der Waals surface area (Å²) in [6.45, 7) is 4.19. The molecule has 2 aromatic rings. The molecular weight excluding hydrogens is 304 g/mol. The summed E-state index contributed by atoms with van der Waals surface area (Å²) < 4.78 is 5.79. The van der Waals surface area contributed by atoms with Crippen molar-refractivity contribution in [1.82, 2.24) is 5.32 Å². The van der Waals surface area contributed by atoms with E-state index in [9.17, 15) is 4.79 Å². The van der Waals surface area contributed by atoms with Crippen molar-refractivity contribution in [2.75, 3.05) is 12.4 Å². The molecule has 1 heterocycles. The van der Waals surface area contributed by atoms with Gasteiger partial charge in [-0.3, -0.25) is 0 Å². The van der Waals surface area contributed by atoms with Crippen LogP contribution in [0.4, 0.5) is 5.69 Å². The predicted octanol–water partition coefficient (Wildman–Crippen LogP) is 3.77. The number of methoxy groups -OCH3 is 1. The zero-order valence-electron chi connectivity index (χ0n) is 12.2. The van der Waals surface area contributed by atoms with Gasteiger partial charge in [-0.25, -0.2) is 4.79 Å². The number of thiophene rings is 1. The van der Waals surface area contributed by atoms with Crippen LogP contribution in [0.5, 0.6) is 0 Å². The van der Waals surface area contributed by atoms with Crippen molar-refractivity contribution < 1.29 is 9.53 Å². The summed E-state index contributed by atoms with van der Waals surface area (Å²) in [5.41, 5.74) is 0.900. The molecule has 21 heavy (non-hydrogen) atoms. The summed E-state index contributed by atoms with van der Waals surface area (Å²) in [5, 5.41) is 7.97. The summed E-state index contributed by atoms with van der Waals surface area (Å²) in [4.78, 5) is 12.1. The van der Waals surface area contributed by atoms with E-state index >= 15 is 0 Å². The number of benzene rings is 1. The zero-order valence-corrected chi connectivity index (χ0v) is 13.9. The fourth-order valence-corrected chi connectivity index (χ4v) is 3.10. The maximum absolute atomic E-state index is 11.5. The monoisotopic (exact) mass is 322 g/mol. The third-order valence-electron chi connectivity index (χ3n) is 3.15. The van der Waals surface area contributed by atoms with Crippen molar-refractivity contribution in [2.45, 2.75) is 26.3 Å². The number of hydrogen-bond acceptors (Lipinski definition) is 4. The average molecular weight is 322 g/mol. The number of fused-ring (bicyclic) bond motifs is 1. The Morgan fingerprint density at radius 2 is 2.19 bits per heavy atom. The van der Waals surface area contributed by atoms with Gasteiger partial charge in [0.2, 0.25) is 0 Å². The second-order valence-electron chi connectivity index (χ2n) is 4.76. The van der Waals surface area contributed by atoms with Crippen LogP contribution in [0, 0.1) is 0 Å². The highest BCUT2D eigenvalue weighted by Gasteiger charge is 2.11. The molecule has 0 radical (unpaired) electrons. The van der Waals surface area contributed by atoms with Crippen molar-refractivity contribution >= 4 is 50.4 Å². The SMILES string of the molecule is CCC(C)NC(=S)Nc1ccc2sc(C(=O)OC)cc2c1. The second kappa shape index (κ2) is 6.87. The third-order valence-corrected chi connectivity index (χ3v) is 4.47. The molecule has 0 fully saturated rings. The Morgan fingerprint density at radius 3 is 2.86 bits per heavy atom. The highest BCUT2D eigenvalue weighted by Crippen LogP contribution is 2.28. The van der Waals surface area contributed by atoms with Crippen molar-refractivity contribution in [1.29, 1.82) is 0 Å². The summed E-state index contributed by atoms with van der Waals surface area (Å²) in [7, 11) is 1.39. The molecule has 0 amide bonds. The van der Waals surface area contributed by atoms with Crippen LogP contribution in [0.1, 0.15) is 29.9 Å². The normalized spacial score (nSPS) is 12.0. The lowest BCUT2D eigenvalue weighted by Gasteiger charge is -2.15. The average Bonchev–Trinajstić information content (AvgIpc) is 2.89. The molecule has 1 aromatic heterocycles. The molecule has 4 nitrogen and oxygen atoms in total. The first kappa shape index (κ1) is 15.7. The number of thiocarbonyl (C=S) groups is 1. The largest absolute Gasteiger partial charge is 0.465 e. The molecule has 0 aliphatic carbocycles. The Hall–Kier alpha value is -1.66. The van der Waals surface area contributed by atoms with Gasteiger partial charge >= 0.3 is 5.97 Å². The lowest BCUT2D eigenvalue weighted by molar-refractivity contribution is 0.0606. The van der Waals surface area contributed by atoms with Gasteiger partial charge in [0, 0.05) is 16.4 Å². The molecule has 0 aliphatic heterocycles. The van der Waals surface area contributed by atoms with Crippen molar-refractivity contribution in [3.05, 3.63) is 29.1 Å². The molecule has 0 saturated heterocycles. The molecule has 0 saturated carbocycles.